The Labute approximate surface area is 89.4 Å². The van der Waals surface area contributed by atoms with E-state index in [9.17, 15) is 4.79 Å². The topological polar surface area (TPSA) is 42.0 Å². The second-order valence-electron chi connectivity index (χ2n) is 2.59. The molecule has 0 saturated heterocycles. The number of nitrogens with zero attached hydrogens (tertiary/aromatic N) is 1. The van der Waals surface area contributed by atoms with Gasteiger partial charge in [0.05, 0.1) is 11.4 Å². The summed E-state index contributed by atoms with van der Waals surface area (Å²) in [6, 6.07) is 3.67. The maximum atomic E-state index is 11.5. The Kier molecular flexibility index (Phi) is 2.90. The fraction of sp³-hybridized carbons (Fsp3) is 0.111. The van der Waals surface area contributed by atoms with E-state index >= 15 is 0 Å². The van der Waals surface area contributed by atoms with Crippen LogP contribution in [0.4, 0.5) is 0 Å². The molecule has 0 spiro atoms. The molecule has 3 nitrogen and oxygen atoms in total. The normalized spacial score (nSPS) is 10.0. The van der Waals surface area contributed by atoms with Gasteiger partial charge >= 0.3 is 0 Å². The van der Waals surface area contributed by atoms with Gasteiger partial charge < -0.3 is 5.32 Å². The first kappa shape index (κ1) is 9.36. The first-order valence-corrected chi connectivity index (χ1v) is 5.82. The van der Waals surface area contributed by atoms with E-state index in [1.165, 1.54) is 22.7 Å². The van der Waals surface area contributed by atoms with Crippen LogP contribution in [0.25, 0.3) is 0 Å². The Bertz CT molecular complexity index is 394. The van der Waals surface area contributed by atoms with Crippen LogP contribution in [-0.4, -0.2) is 10.9 Å². The highest BCUT2D eigenvalue weighted by atomic mass is 32.1. The zero-order valence-electron chi connectivity index (χ0n) is 7.27. The SMILES string of the molecule is O=C(NCc1nccs1)c1cccs1. The minimum Gasteiger partial charge on any atom is -0.345 e. The van der Waals surface area contributed by atoms with Gasteiger partial charge in [-0.15, -0.1) is 22.7 Å². The second kappa shape index (κ2) is 4.34. The summed E-state index contributed by atoms with van der Waals surface area (Å²) in [7, 11) is 0. The van der Waals surface area contributed by atoms with Gasteiger partial charge in [-0.25, -0.2) is 4.98 Å². The van der Waals surface area contributed by atoms with Gasteiger partial charge in [0.1, 0.15) is 5.01 Å². The highest BCUT2D eigenvalue weighted by Gasteiger charge is 2.05. The molecule has 1 N–H and O–H groups in total. The number of nitrogens with one attached hydrogen (secondary N) is 1. The summed E-state index contributed by atoms with van der Waals surface area (Å²) in [5.74, 6) is -0.0322. The lowest BCUT2D eigenvalue weighted by molar-refractivity contribution is 0.0955. The molecule has 0 aromatic carbocycles. The molecular weight excluding hydrogens is 216 g/mol. The second-order valence-corrected chi connectivity index (χ2v) is 4.51. The molecule has 0 bridgehead atoms. The number of thiazole rings is 1. The van der Waals surface area contributed by atoms with E-state index in [1.807, 2.05) is 22.9 Å². The highest BCUT2D eigenvalue weighted by molar-refractivity contribution is 7.12. The van der Waals surface area contributed by atoms with E-state index in [4.69, 9.17) is 0 Å². The molecule has 0 unspecified atom stereocenters. The Morgan fingerprint density at radius 3 is 3.00 bits per heavy atom. The minimum atomic E-state index is -0.0322. The lowest BCUT2D eigenvalue weighted by Gasteiger charge is -1.99. The maximum absolute atomic E-state index is 11.5. The molecule has 0 aliphatic rings. The molecule has 0 fully saturated rings. The van der Waals surface area contributed by atoms with Gasteiger partial charge in [0.15, 0.2) is 0 Å². The highest BCUT2D eigenvalue weighted by Crippen LogP contribution is 2.09. The monoisotopic (exact) mass is 224 g/mol. The van der Waals surface area contributed by atoms with Crippen molar-refractivity contribution in [3.8, 4) is 0 Å². The third kappa shape index (κ3) is 2.18. The minimum absolute atomic E-state index is 0.0322. The van der Waals surface area contributed by atoms with Gasteiger partial charge in [0.2, 0.25) is 0 Å². The third-order valence-corrected chi connectivity index (χ3v) is 3.28. The summed E-state index contributed by atoms with van der Waals surface area (Å²) in [4.78, 5) is 16.3. The van der Waals surface area contributed by atoms with E-state index in [1.54, 1.807) is 6.20 Å². The number of thiophene rings is 1. The molecular formula is C9H8N2OS2. The molecule has 0 saturated carbocycles. The number of carbonyl (C=O) groups excluding carboxylic acids is 1. The average Bonchev–Trinajstić information content (AvgIpc) is 2.87. The summed E-state index contributed by atoms with van der Waals surface area (Å²) >= 11 is 2.98. The van der Waals surface area contributed by atoms with E-state index < -0.39 is 0 Å². The number of aromatic nitrogens is 1. The Morgan fingerprint density at radius 2 is 2.36 bits per heavy atom. The van der Waals surface area contributed by atoms with Gasteiger partial charge in [0, 0.05) is 11.6 Å². The summed E-state index contributed by atoms with van der Waals surface area (Å²) in [5, 5.41) is 7.52. The van der Waals surface area contributed by atoms with Crippen molar-refractivity contribution in [1.82, 2.24) is 10.3 Å². The Balaban J connectivity index is 1.90. The number of hydrogen-bond donors (Lipinski definition) is 1. The largest absolute Gasteiger partial charge is 0.345 e. The van der Waals surface area contributed by atoms with Crippen molar-refractivity contribution in [1.29, 1.82) is 0 Å². The molecule has 0 aliphatic heterocycles. The molecule has 0 aliphatic carbocycles. The average molecular weight is 224 g/mol. The van der Waals surface area contributed by atoms with Gasteiger partial charge in [-0.05, 0) is 11.4 Å². The molecule has 5 heteroatoms. The van der Waals surface area contributed by atoms with Crippen LogP contribution >= 0.6 is 22.7 Å². The standard InChI is InChI=1S/C9H8N2OS2/c12-9(7-2-1-4-13-7)11-6-8-10-3-5-14-8/h1-5H,6H2,(H,11,12). The summed E-state index contributed by atoms with van der Waals surface area (Å²) in [5.41, 5.74) is 0. The van der Waals surface area contributed by atoms with Crippen molar-refractivity contribution in [2.45, 2.75) is 6.54 Å². The van der Waals surface area contributed by atoms with Crippen LogP contribution < -0.4 is 5.32 Å². The van der Waals surface area contributed by atoms with E-state index in [0.29, 0.717) is 6.54 Å². The molecule has 2 heterocycles. The van der Waals surface area contributed by atoms with Crippen LogP contribution in [0.15, 0.2) is 29.1 Å². The van der Waals surface area contributed by atoms with Crippen LogP contribution in [0.2, 0.25) is 0 Å². The molecule has 0 radical (unpaired) electrons. The molecule has 2 rings (SSSR count). The molecule has 2 aromatic heterocycles. The zero-order valence-corrected chi connectivity index (χ0v) is 8.90. The molecule has 2 aromatic rings. The van der Waals surface area contributed by atoms with Crippen LogP contribution in [0.1, 0.15) is 14.7 Å². The van der Waals surface area contributed by atoms with Crippen LogP contribution in [0.3, 0.4) is 0 Å². The zero-order chi connectivity index (χ0) is 9.80. The maximum Gasteiger partial charge on any atom is 0.261 e. The first-order chi connectivity index (χ1) is 6.86. The van der Waals surface area contributed by atoms with Gasteiger partial charge in [-0.2, -0.15) is 0 Å². The Morgan fingerprint density at radius 1 is 1.43 bits per heavy atom. The smallest absolute Gasteiger partial charge is 0.261 e. The number of hydrogen-bond acceptors (Lipinski definition) is 4. The van der Waals surface area contributed by atoms with Crippen molar-refractivity contribution in [3.63, 3.8) is 0 Å². The number of carbonyl (C=O) groups is 1. The lowest BCUT2D eigenvalue weighted by Crippen LogP contribution is -2.21. The van der Waals surface area contributed by atoms with E-state index in [2.05, 4.69) is 10.3 Å². The van der Waals surface area contributed by atoms with Gasteiger partial charge in [-0.1, -0.05) is 6.07 Å². The molecule has 14 heavy (non-hydrogen) atoms. The van der Waals surface area contributed by atoms with Crippen molar-refractivity contribution in [2.75, 3.05) is 0 Å². The predicted octanol–water partition coefficient (Wildman–Crippen LogP) is 2.13. The summed E-state index contributed by atoms with van der Waals surface area (Å²) in [6.07, 6.45) is 1.73. The quantitative estimate of drug-likeness (QED) is 0.867. The van der Waals surface area contributed by atoms with Crippen molar-refractivity contribution in [2.24, 2.45) is 0 Å². The number of rotatable bonds is 3. The van der Waals surface area contributed by atoms with Crippen LogP contribution in [-0.2, 0) is 6.54 Å². The van der Waals surface area contributed by atoms with Crippen LogP contribution in [0.5, 0.6) is 0 Å². The summed E-state index contributed by atoms with van der Waals surface area (Å²) < 4.78 is 0. The third-order valence-electron chi connectivity index (χ3n) is 1.63. The molecule has 1 amide bonds. The fourth-order valence-electron chi connectivity index (χ4n) is 0.991. The molecule has 72 valence electrons. The summed E-state index contributed by atoms with van der Waals surface area (Å²) in [6.45, 7) is 0.508. The van der Waals surface area contributed by atoms with E-state index in [-0.39, 0.29) is 5.91 Å². The lowest BCUT2D eigenvalue weighted by atomic mass is 10.4. The first-order valence-electron chi connectivity index (χ1n) is 4.06. The molecule has 0 atom stereocenters. The van der Waals surface area contributed by atoms with Gasteiger partial charge in [0.25, 0.3) is 5.91 Å². The predicted molar refractivity (Wildman–Crippen MR) is 57.6 cm³/mol. The van der Waals surface area contributed by atoms with Gasteiger partial charge in [-0.3, -0.25) is 4.79 Å². The van der Waals surface area contributed by atoms with Crippen LogP contribution in [0, 0.1) is 0 Å². The fourth-order valence-corrected chi connectivity index (χ4v) is 2.19. The number of amides is 1. The Hall–Kier alpha value is -1.20. The van der Waals surface area contributed by atoms with Crippen molar-refractivity contribution >= 4 is 28.6 Å². The van der Waals surface area contributed by atoms with Crippen molar-refractivity contribution in [3.05, 3.63) is 39.0 Å². The van der Waals surface area contributed by atoms with Crippen molar-refractivity contribution < 1.29 is 4.79 Å². The van der Waals surface area contributed by atoms with E-state index in [0.717, 1.165) is 9.88 Å².